The van der Waals surface area contributed by atoms with Crippen LogP contribution in [0.25, 0.3) is 0 Å². The van der Waals surface area contributed by atoms with Crippen molar-refractivity contribution in [2.24, 2.45) is 11.7 Å². The molecule has 8 atom stereocenters. The highest BCUT2D eigenvalue weighted by Gasteiger charge is 2.33. The predicted octanol–water partition coefficient (Wildman–Crippen LogP) is -2.99. The van der Waals surface area contributed by atoms with E-state index in [1.165, 1.54) is 31.2 Å². The number of carbonyl (C=O) groups is 10. The number of carboxylic acid groups (broad SMARTS) is 3. The van der Waals surface area contributed by atoms with E-state index in [0.29, 0.717) is 17.5 Å². The van der Waals surface area contributed by atoms with Crippen LogP contribution in [0.4, 0.5) is 0 Å². The molecule has 0 unspecified atom stereocenters. The first-order valence-electron chi connectivity index (χ1n) is 20.1. The molecule has 64 heavy (non-hydrogen) atoms. The van der Waals surface area contributed by atoms with Crippen LogP contribution in [-0.2, 0) is 60.8 Å². The number of aromatic hydroxyl groups is 1. The van der Waals surface area contributed by atoms with E-state index in [0.717, 1.165) is 0 Å². The summed E-state index contributed by atoms with van der Waals surface area (Å²) in [6.45, 7) is 2.89. The average molecular weight is 901 g/mol. The molecule has 0 fully saturated rings. The molecular formula is C41H56N8O15. The van der Waals surface area contributed by atoms with Gasteiger partial charge in [0.2, 0.25) is 41.4 Å². The van der Waals surface area contributed by atoms with Gasteiger partial charge in [0.1, 0.15) is 42.0 Å². The minimum atomic E-state index is -1.77. The number of rotatable bonds is 27. The van der Waals surface area contributed by atoms with E-state index in [2.05, 4.69) is 37.2 Å². The Hall–Kier alpha value is -7.14. The maximum Gasteiger partial charge on any atom is 0.326 e. The Labute approximate surface area is 367 Å². The van der Waals surface area contributed by atoms with Gasteiger partial charge in [-0.3, -0.25) is 43.2 Å². The third kappa shape index (κ3) is 18.9. The fourth-order valence-electron chi connectivity index (χ4n) is 5.82. The monoisotopic (exact) mass is 900 g/mol. The number of amides is 7. The molecule has 14 N–H and O–H groups in total. The van der Waals surface area contributed by atoms with E-state index < -0.39 is 140 Å². The summed E-state index contributed by atoms with van der Waals surface area (Å²) in [5, 5.41) is 63.9. The minimum Gasteiger partial charge on any atom is -0.508 e. The number of aliphatic carboxylic acids is 3. The van der Waals surface area contributed by atoms with Crippen LogP contribution >= 0.6 is 0 Å². The first-order chi connectivity index (χ1) is 30.1. The SMILES string of the molecule is CC[C@H](C)[C@H](NC(=O)CNC(=O)[C@H](CC(=O)O)NC(=O)CNC(=O)[C@H](Cc1ccc(O)cc1)NC(=O)[C@H](CCC(=O)O)NC(=O)[C@H](Cc1ccccc1)NC(=O)[C@@H](N)[C@@H](C)O)C(=O)O. The standard InChI is InChI=1S/C41H56N8O15/c1-4-21(2)35(41(63)64)49-31(53)20-44-37(59)29(18-33(56)57)45-30(52)19-43-36(58)27(17-24-10-12-25(51)13-11-24)47-38(60)26(14-15-32(54)55)46-39(61)28(16-23-8-6-5-7-9-23)48-40(62)34(42)22(3)50/h5-13,21-22,26-29,34-35,50-51H,4,14-20,42H2,1-3H3,(H,43,58)(H,44,59)(H,45,52)(H,46,61)(H,47,60)(H,48,62)(H,49,53)(H,54,55)(H,56,57)(H,63,64)/t21-,22+,26-,27-,28-,29-,34-,35-/m0/s1. The molecule has 0 radical (unpaired) electrons. The van der Waals surface area contributed by atoms with Crippen molar-refractivity contribution in [1.82, 2.24) is 37.2 Å². The Bertz CT molecular complexity index is 1970. The maximum atomic E-state index is 13.8. The number of hydrogen-bond donors (Lipinski definition) is 13. The molecule has 23 nitrogen and oxygen atoms in total. The third-order valence-corrected chi connectivity index (χ3v) is 9.70. The summed E-state index contributed by atoms with van der Waals surface area (Å²) in [5.74, 6) is -11.9. The lowest BCUT2D eigenvalue weighted by molar-refractivity contribution is -0.143. The summed E-state index contributed by atoms with van der Waals surface area (Å²) in [7, 11) is 0. The smallest absolute Gasteiger partial charge is 0.326 e. The summed E-state index contributed by atoms with van der Waals surface area (Å²) in [6.07, 6.45) is -3.44. The van der Waals surface area contributed by atoms with Crippen molar-refractivity contribution < 1.29 is 73.5 Å². The van der Waals surface area contributed by atoms with Crippen LogP contribution in [0.1, 0.15) is 57.6 Å². The normalized spacial score (nSPS) is 14.6. The highest BCUT2D eigenvalue weighted by Crippen LogP contribution is 2.13. The highest BCUT2D eigenvalue weighted by atomic mass is 16.4. The van der Waals surface area contributed by atoms with Gasteiger partial charge in [0.05, 0.1) is 25.6 Å². The van der Waals surface area contributed by atoms with E-state index in [4.69, 9.17) is 5.73 Å². The second kappa shape index (κ2) is 26.4. The fraction of sp³-hybridized carbons (Fsp3) is 0.463. The zero-order chi connectivity index (χ0) is 48.1. The van der Waals surface area contributed by atoms with Crippen molar-refractivity contribution in [3.05, 3.63) is 65.7 Å². The van der Waals surface area contributed by atoms with Crippen molar-refractivity contribution in [1.29, 1.82) is 0 Å². The lowest BCUT2D eigenvalue weighted by Crippen LogP contribution is -2.59. The van der Waals surface area contributed by atoms with Crippen LogP contribution in [-0.4, -0.2) is 140 Å². The molecule has 0 bridgehead atoms. The van der Waals surface area contributed by atoms with Gasteiger partial charge in [0.25, 0.3) is 0 Å². The number of aliphatic hydroxyl groups is 1. The molecule has 0 aliphatic heterocycles. The summed E-state index contributed by atoms with van der Waals surface area (Å²) in [4.78, 5) is 127. The van der Waals surface area contributed by atoms with Gasteiger partial charge in [-0.05, 0) is 42.5 Å². The quantitative estimate of drug-likeness (QED) is 0.0425. The highest BCUT2D eigenvalue weighted by molar-refractivity contribution is 5.97. The molecule has 0 aromatic heterocycles. The number of nitrogens with two attached hydrogens (primary N) is 1. The van der Waals surface area contributed by atoms with Crippen LogP contribution in [0, 0.1) is 5.92 Å². The average Bonchev–Trinajstić information content (AvgIpc) is 3.24. The largest absolute Gasteiger partial charge is 0.508 e. The van der Waals surface area contributed by atoms with Crippen LogP contribution in [0.15, 0.2) is 54.6 Å². The van der Waals surface area contributed by atoms with Crippen molar-refractivity contribution in [3.63, 3.8) is 0 Å². The number of hydrogen-bond acceptors (Lipinski definition) is 13. The Morgan fingerprint density at radius 2 is 1.08 bits per heavy atom. The molecule has 7 amide bonds. The van der Waals surface area contributed by atoms with E-state index in [-0.39, 0.29) is 18.6 Å². The van der Waals surface area contributed by atoms with Crippen LogP contribution in [0.3, 0.4) is 0 Å². The van der Waals surface area contributed by atoms with Crippen LogP contribution in [0.5, 0.6) is 5.75 Å². The number of nitrogens with one attached hydrogen (secondary N) is 7. The number of aliphatic hydroxyl groups excluding tert-OH is 1. The molecule has 0 saturated carbocycles. The number of phenolic OH excluding ortho intramolecular Hbond substituents is 1. The molecular weight excluding hydrogens is 844 g/mol. The number of carboxylic acids is 3. The molecule has 2 aromatic rings. The summed E-state index contributed by atoms with van der Waals surface area (Å²) in [6, 6.07) is 4.68. The Morgan fingerprint density at radius 3 is 1.59 bits per heavy atom. The lowest BCUT2D eigenvalue weighted by Gasteiger charge is -2.26. The van der Waals surface area contributed by atoms with E-state index in [9.17, 15) is 73.5 Å². The van der Waals surface area contributed by atoms with E-state index in [1.807, 2.05) is 0 Å². The molecule has 2 aromatic carbocycles. The predicted molar refractivity (Wildman–Crippen MR) is 223 cm³/mol. The molecule has 2 rings (SSSR count). The van der Waals surface area contributed by atoms with Crippen molar-refractivity contribution in [2.75, 3.05) is 13.1 Å². The summed E-state index contributed by atoms with van der Waals surface area (Å²) < 4.78 is 0. The Balaban J connectivity index is 2.29. The molecule has 0 aliphatic rings. The zero-order valence-electron chi connectivity index (χ0n) is 35.4. The summed E-state index contributed by atoms with van der Waals surface area (Å²) in [5.41, 5.74) is 6.71. The fourth-order valence-corrected chi connectivity index (χ4v) is 5.82. The van der Waals surface area contributed by atoms with Crippen molar-refractivity contribution >= 4 is 59.3 Å². The van der Waals surface area contributed by atoms with E-state index in [1.54, 1.807) is 44.2 Å². The van der Waals surface area contributed by atoms with Crippen molar-refractivity contribution in [3.8, 4) is 5.75 Å². The van der Waals surface area contributed by atoms with Crippen LogP contribution in [0.2, 0.25) is 0 Å². The molecule has 23 heteroatoms. The van der Waals surface area contributed by atoms with Gasteiger partial charge in [-0.15, -0.1) is 0 Å². The molecule has 0 saturated heterocycles. The van der Waals surface area contributed by atoms with Gasteiger partial charge in [0, 0.05) is 19.3 Å². The van der Waals surface area contributed by atoms with Gasteiger partial charge in [0.15, 0.2) is 0 Å². The number of phenols is 1. The Morgan fingerprint density at radius 1 is 0.594 bits per heavy atom. The first kappa shape index (κ1) is 53.0. The number of benzene rings is 2. The van der Waals surface area contributed by atoms with Gasteiger partial charge >= 0.3 is 17.9 Å². The molecule has 0 heterocycles. The minimum absolute atomic E-state index is 0.123. The molecule has 350 valence electrons. The first-order valence-corrected chi connectivity index (χ1v) is 20.1. The molecule has 0 aliphatic carbocycles. The van der Waals surface area contributed by atoms with Crippen molar-refractivity contribution in [2.45, 2.75) is 102 Å². The second-order valence-electron chi connectivity index (χ2n) is 14.9. The summed E-state index contributed by atoms with van der Waals surface area (Å²) >= 11 is 0. The Kier molecular flexibility index (Phi) is 21.8. The van der Waals surface area contributed by atoms with Gasteiger partial charge < -0.3 is 68.5 Å². The third-order valence-electron chi connectivity index (χ3n) is 9.70. The lowest BCUT2D eigenvalue weighted by atomic mass is 9.99. The van der Waals surface area contributed by atoms with Crippen LogP contribution < -0.4 is 43.0 Å². The topological polar surface area (TPSA) is 382 Å². The zero-order valence-corrected chi connectivity index (χ0v) is 35.4. The second-order valence-corrected chi connectivity index (χ2v) is 14.9. The van der Waals surface area contributed by atoms with E-state index >= 15 is 0 Å². The van der Waals surface area contributed by atoms with Gasteiger partial charge in [-0.1, -0.05) is 62.7 Å². The molecule has 0 spiro atoms. The van der Waals surface area contributed by atoms with Gasteiger partial charge in [-0.25, -0.2) is 4.79 Å². The van der Waals surface area contributed by atoms with Gasteiger partial charge in [-0.2, -0.15) is 0 Å². The maximum absolute atomic E-state index is 13.8. The number of carbonyl (C=O) groups excluding carboxylic acids is 7.